The van der Waals surface area contributed by atoms with Gasteiger partial charge >= 0.3 is 5.69 Å². The Kier molecular flexibility index (Phi) is 3.79. The number of hydrogen-bond acceptors (Lipinski definition) is 3. The molecule has 0 saturated heterocycles. The van der Waals surface area contributed by atoms with Crippen molar-refractivity contribution in [2.24, 2.45) is 14.1 Å². The zero-order valence-corrected chi connectivity index (χ0v) is 12.2. The molecule has 1 aromatic heterocycles. The average Bonchev–Trinajstić information content (AvgIpc) is 2.43. The van der Waals surface area contributed by atoms with Crippen molar-refractivity contribution in [3.63, 3.8) is 0 Å². The van der Waals surface area contributed by atoms with Crippen LogP contribution in [0.3, 0.4) is 0 Å². The van der Waals surface area contributed by atoms with Crippen LogP contribution in [0.25, 0.3) is 0 Å². The van der Waals surface area contributed by atoms with Gasteiger partial charge in [0.25, 0.3) is 5.56 Å². The molecule has 1 heterocycles. The van der Waals surface area contributed by atoms with Gasteiger partial charge in [-0.1, -0.05) is 12.1 Å². The first-order valence-electron chi connectivity index (χ1n) is 6.48. The highest BCUT2D eigenvalue weighted by Crippen LogP contribution is 2.18. The molecule has 2 aromatic rings. The summed E-state index contributed by atoms with van der Waals surface area (Å²) < 4.78 is 2.58. The van der Waals surface area contributed by atoms with Crippen molar-refractivity contribution < 1.29 is 0 Å². The Balaban J connectivity index is 2.31. The summed E-state index contributed by atoms with van der Waals surface area (Å²) in [5.74, 6) is 0. The molecule has 0 saturated carbocycles. The summed E-state index contributed by atoms with van der Waals surface area (Å²) in [7, 11) is 3.15. The molecule has 0 amide bonds. The highest BCUT2D eigenvalue weighted by atomic mass is 16.2. The van der Waals surface area contributed by atoms with Gasteiger partial charge in [0.2, 0.25) is 0 Å². The minimum absolute atomic E-state index is 0.286. The molecule has 0 fully saturated rings. The largest absolute Gasteiger partial charge is 0.379 e. The summed E-state index contributed by atoms with van der Waals surface area (Å²) in [6, 6.07) is 7.50. The molecule has 0 radical (unpaired) electrons. The molecule has 106 valence electrons. The summed E-state index contributed by atoms with van der Waals surface area (Å²) in [5, 5.41) is 3.28. The van der Waals surface area contributed by atoms with Gasteiger partial charge < -0.3 is 5.32 Å². The highest BCUT2D eigenvalue weighted by Gasteiger charge is 2.06. The van der Waals surface area contributed by atoms with Crippen molar-refractivity contribution in [2.75, 3.05) is 5.32 Å². The molecule has 0 unspecified atom stereocenters. The smallest absolute Gasteiger partial charge is 0.330 e. The van der Waals surface area contributed by atoms with E-state index in [2.05, 4.69) is 18.3 Å². The molecule has 0 spiro atoms. The number of aryl methyl sites for hydroxylation is 1. The average molecular weight is 273 g/mol. The first-order valence-corrected chi connectivity index (χ1v) is 6.48. The molecule has 0 bridgehead atoms. The molecule has 0 aliphatic rings. The molecule has 1 aromatic carbocycles. The van der Waals surface area contributed by atoms with Crippen molar-refractivity contribution in [3.05, 3.63) is 61.9 Å². The van der Waals surface area contributed by atoms with Gasteiger partial charge in [0, 0.05) is 31.5 Å². The third kappa shape index (κ3) is 2.52. The van der Waals surface area contributed by atoms with E-state index in [0.29, 0.717) is 12.2 Å². The number of hydrogen-bond donors (Lipinski definition) is 1. The summed E-state index contributed by atoms with van der Waals surface area (Å²) >= 11 is 0. The lowest BCUT2D eigenvalue weighted by molar-refractivity contribution is 0.655. The van der Waals surface area contributed by atoms with Crippen LogP contribution in [0.1, 0.15) is 16.8 Å². The zero-order chi connectivity index (χ0) is 14.9. The van der Waals surface area contributed by atoms with E-state index < -0.39 is 0 Å². The number of nitrogens with zero attached hydrogens (tertiary/aromatic N) is 2. The second-order valence-electron chi connectivity index (χ2n) is 4.98. The molecule has 1 N–H and O–H groups in total. The standard InChI is InChI=1S/C15H19N3O2/c1-10-6-5-7-13(11(10)2)16-9-12-8-14(19)18(4)15(20)17(12)3/h5-8,16H,9H2,1-4H3. The highest BCUT2D eigenvalue weighted by molar-refractivity contribution is 5.53. The van der Waals surface area contributed by atoms with Crippen LogP contribution in [0.2, 0.25) is 0 Å². The fourth-order valence-electron chi connectivity index (χ4n) is 2.08. The third-order valence-corrected chi connectivity index (χ3v) is 3.69. The fraction of sp³-hybridized carbons (Fsp3) is 0.333. The normalized spacial score (nSPS) is 10.6. The van der Waals surface area contributed by atoms with Gasteiger partial charge in [-0.2, -0.15) is 0 Å². The molecule has 0 atom stereocenters. The Morgan fingerprint density at radius 1 is 1.10 bits per heavy atom. The number of rotatable bonds is 3. The van der Waals surface area contributed by atoms with Crippen molar-refractivity contribution in [1.82, 2.24) is 9.13 Å². The van der Waals surface area contributed by atoms with Crippen molar-refractivity contribution in [1.29, 1.82) is 0 Å². The Hall–Kier alpha value is -2.30. The van der Waals surface area contributed by atoms with Crippen LogP contribution in [0.4, 0.5) is 5.69 Å². The van der Waals surface area contributed by atoms with E-state index in [1.807, 2.05) is 19.1 Å². The van der Waals surface area contributed by atoms with Gasteiger partial charge in [-0.3, -0.25) is 13.9 Å². The Morgan fingerprint density at radius 3 is 2.50 bits per heavy atom. The van der Waals surface area contributed by atoms with Crippen LogP contribution in [0, 0.1) is 13.8 Å². The number of nitrogens with one attached hydrogen (secondary N) is 1. The summed E-state index contributed by atoms with van der Waals surface area (Å²) in [5.41, 5.74) is 3.45. The summed E-state index contributed by atoms with van der Waals surface area (Å²) in [6.45, 7) is 4.53. The van der Waals surface area contributed by atoms with E-state index in [0.717, 1.165) is 10.3 Å². The Labute approximate surface area is 117 Å². The summed E-state index contributed by atoms with van der Waals surface area (Å²) in [4.78, 5) is 23.5. The minimum Gasteiger partial charge on any atom is -0.379 e. The maximum absolute atomic E-state index is 11.8. The van der Waals surface area contributed by atoms with Crippen LogP contribution in [-0.2, 0) is 20.6 Å². The zero-order valence-electron chi connectivity index (χ0n) is 12.2. The molecule has 0 aliphatic heterocycles. The van der Waals surface area contributed by atoms with Gasteiger partial charge in [0.05, 0.1) is 6.54 Å². The van der Waals surface area contributed by atoms with Crippen LogP contribution < -0.4 is 16.6 Å². The number of aromatic nitrogens is 2. The van der Waals surface area contributed by atoms with E-state index in [9.17, 15) is 9.59 Å². The van der Waals surface area contributed by atoms with E-state index in [1.54, 1.807) is 7.05 Å². The molecular weight excluding hydrogens is 254 g/mol. The lowest BCUT2D eigenvalue weighted by Crippen LogP contribution is -2.38. The molecule has 20 heavy (non-hydrogen) atoms. The van der Waals surface area contributed by atoms with Gasteiger partial charge in [-0.25, -0.2) is 4.79 Å². The molecule has 5 heteroatoms. The third-order valence-electron chi connectivity index (χ3n) is 3.69. The molecule has 5 nitrogen and oxygen atoms in total. The van der Waals surface area contributed by atoms with Crippen molar-refractivity contribution >= 4 is 5.69 Å². The number of benzene rings is 1. The Bertz CT molecular complexity index is 757. The van der Waals surface area contributed by atoms with E-state index in [1.165, 1.54) is 28.8 Å². The molecular formula is C15H19N3O2. The first-order chi connectivity index (χ1) is 9.41. The molecule has 2 rings (SSSR count). The van der Waals surface area contributed by atoms with E-state index in [-0.39, 0.29) is 11.2 Å². The minimum atomic E-state index is -0.310. The second kappa shape index (κ2) is 5.36. The van der Waals surface area contributed by atoms with E-state index >= 15 is 0 Å². The maximum atomic E-state index is 11.8. The lowest BCUT2D eigenvalue weighted by atomic mass is 10.1. The quantitative estimate of drug-likeness (QED) is 0.917. The van der Waals surface area contributed by atoms with Gasteiger partial charge in [0.1, 0.15) is 0 Å². The van der Waals surface area contributed by atoms with Crippen LogP contribution in [0.5, 0.6) is 0 Å². The maximum Gasteiger partial charge on any atom is 0.330 e. The van der Waals surface area contributed by atoms with Crippen molar-refractivity contribution in [2.45, 2.75) is 20.4 Å². The van der Waals surface area contributed by atoms with Crippen LogP contribution in [0.15, 0.2) is 33.9 Å². The first kappa shape index (κ1) is 14.1. The van der Waals surface area contributed by atoms with E-state index in [4.69, 9.17) is 0 Å². The van der Waals surface area contributed by atoms with Crippen molar-refractivity contribution in [3.8, 4) is 0 Å². The monoisotopic (exact) mass is 273 g/mol. The van der Waals surface area contributed by atoms with Crippen LogP contribution in [-0.4, -0.2) is 9.13 Å². The van der Waals surface area contributed by atoms with Gasteiger partial charge in [-0.15, -0.1) is 0 Å². The number of anilines is 1. The topological polar surface area (TPSA) is 56.0 Å². The van der Waals surface area contributed by atoms with Gasteiger partial charge in [0.15, 0.2) is 0 Å². The van der Waals surface area contributed by atoms with Gasteiger partial charge in [-0.05, 0) is 31.0 Å². The Morgan fingerprint density at radius 2 is 1.80 bits per heavy atom. The molecule has 0 aliphatic carbocycles. The predicted octanol–water partition coefficient (Wildman–Crippen LogP) is 1.31. The predicted molar refractivity (Wildman–Crippen MR) is 80.2 cm³/mol. The fourth-order valence-corrected chi connectivity index (χ4v) is 2.08. The summed E-state index contributed by atoms with van der Waals surface area (Å²) in [6.07, 6.45) is 0. The van der Waals surface area contributed by atoms with Crippen LogP contribution >= 0.6 is 0 Å². The SMILES string of the molecule is Cc1cccc(NCc2cc(=O)n(C)c(=O)n2C)c1C. The lowest BCUT2D eigenvalue weighted by Gasteiger charge is -2.14. The second-order valence-corrected chi connectivity index (χ2v) is 4.98.